The van der Waals surface area contributed by atoms with E-state index >= 15 is 0 Å². The van der Waals surface area contributed by atoms with Crippen molar-refractivity contribution >= 4 is 11.6 Å². The van der Waals surface area contributed by atoms with E-state index in [-0.39, 0.29) is 0 Å². The highest BCUT2D eigenvalue weighted by molar-refractivity contribution is 5.44. The molecule has 0 bridgehead atoms. The number of nitrogens with zero attached hydrogens (tertiary/aromatic N) is 4. The summed E-state index contributed by atoms with van der Waals surface area (Å²) in [6.45, 7) is 7.58. The number of anilines is 1. The van der Waals surface area contributed by atoms with Gasteiger partial charge in [-0.05, 0) is 24.7 Å². The third-order valence-electron chi connectivity index (χ3n) is 3.63. The van der Waals surface area contributed by atoms with Crippen molar-refractivity contribution < 1.29 is 0 Å². The molecule has 3 rings (SSSR count). The van der Waals surface area contributed by atoms with Crippen molar-refractivity contribution in [3.05, 3.63) is 18.1 Å². The van der Waals surface area contributed by atoms with Crippen LogP contribution in [0.15, 0.2) is 12.4 Å². The lowest BCUT2D eigenvalue weighted by atomic mass is 10.1. The molecule has 0 spiro atoms. The molecular formula is C12H17N5. The van der Waals surface area contributed by atoms with Crippen LogP contribution in [0.5, 0.6) is 0 Å². The zero-order valence-corrected chi connectivity index (χ0v) is 10.4. The first-order valence-electron chi connectivity index (χ1n) is 5.97. The summed E-state index contributed by atoms with van der Waals surface area (Å²) in [5.41, 5.74) is 1.46. The second-order valence-electron chi connectivity index (χ2n) is 5.53. The lowest BCUT2D eigenvalue weighted by molar-refractivity contribution is 0.572. The predicted molar refractivity (Wildman–Crippen MR) is 65.9 cm³/mol. The highest BCUT2D eigenvalue weighted by Crippen LogP contribution is 2.51. The third kappa shape index (κ3) is 1.85. The summed E-state index contributed by atoms with van der Waals surface area (Å²) >= 11 is 0. The number of rotatable bonds is 3. The molecule has 90 valence electrons. The standard InChI is InChI=1S/C12H17N5/c1-8-4-10(13-6-9-5-12(9,2)3)17-11(16-8)14-7-15-17/h4,7,9,13H,5-6H2,1-3H3. The quantitative estimate of drug-likeness (QED) is 0.876. The first-order chi connectivity index (χ1) is 8.06. The molecule has 17 heavy (non-hydrogen) atoms. The number of hydrogen-bond acceptors (Lipinski definition) is 4. The van der Waals surface area contributed by atoms with Gasteiger partial charge in [0, 0.05) is 18.3 Å². The van der Waals surface area contributed by atoms with Crippen molar-refractivity contribution in [1.29, 1.82) is 0 Å². The fourth-order valence-electron chi connectivity index (χ4n) is 2.21. The van der Waals surface area contributed by atoms with E-state index in [1.165, 1.54) is 12.7 Å². The molecule has 0 aromatic carbocycles. The van der Waals surface area contributed by atoms with E-state index in [2.05, 4.69) is 34.2 Å². The molecule has 1 N–H and O–H groups in total. The first kappa shape index (κ1) is 10.5. The molecule has 1 unspecified atom stereocenters. The Hall–Kier alpha value is -1.65. The van der Waals surface area contributed by atoms with E-state index in [0.29, 0.717) is 11.2 Å². The van der Waals surface area contributed by atoms with Gasteiger partial charge >= 0.3 is 0 Å². The molecule has 1 aliphatic rings. The molecule has 1 fully saturated rings. The predicted octanol–water partition coefficient (Wildman–Crippen LogP) is 1.89. The Bertz CT molecular complexity index is 557. The van der Waals surface area contributed by atoms with Crippen LogP contribution in [-0.4, -0.2) is 26.1 Å². The summed E-state index contributed by atoms with van der Waals surface area (Å²) in [6.07, 6.45) is 2.83. The Morgan fingerprint density at radius 2 is 2.29 bits per heavy atom. The maximum absolute atomic E-state index is 4.32. The van der Waals surface area contributed by atoms with Crippen molar-refractivity contribution in [2.45, 2.75) is 27.2 Å². The van der Waals surface area contributed by atoms with Gasteiger partial charge in [0.05, 0.1) is 0 Å². The largest absolute Gasteiger partial charge is 0.370 e. The van der Waals surface area contributed by atoms with Crippen LogP contribution < -0.4 is 5.32 Å². The molecular weight excluding hydrogens is 214 g/mol. The monoisotopic (exact) mass is 231 g/mol. The highest BCUT2D eigenvalue weighted by Gasteiger charge is 2.45. The molecule has 1 atom stereocenters. The van der Waals surface area contributed by atoms with Gasteiger partial charge in [-0.2, -0.15) is 14.6 Å². The molecule has 2 heterocycles. The summed E-state index contributed by atoms with van der Waals surface area (Å²) in [7, 11) is 0. The van der Waals surface area contributed by atoms with Crippen molar-refractivity contribution in [3.8, 4) is 0 Å². The topological polar surface area (TPSA) is 55.1 Å². The average molecular weight is 231 g/mol. The van der Waals surface area contributed by atoms with Crippen molar-refractivity contribution in [2.24, 2.45) is 11.3 Å². The molecule has 1 saturated carbocycles. The fraction of sp³-hybridized carbons (Fsp3) is 0.583. The minimum Gasteiger partial charge on any atom is -0.370 e. The van der Waals surface area contributed by atoms with Gasteiger partial charge < -0.3 is 5.32 Å². The van der Waals surface area contributed by atoms with Crippen LogP contribution in [0.2, 0.25) is 0 Å². The number of fused-ring (bicyclic) bond motifs is 1. The first-order valence-corrected chi connectivity index (χ1v) is 5.97. The Balaban J connectivity index is 1.82. The number of nitrogens with one attached hydrogen (secondary N) is 1. The molecule has 2 aromatic rings. The van der Waals surface area contributed by atoms with Gasteiger partial charge in [0.1, 0.15) is 12.1 Å². The zero-order valence-electron chi connectivity index (χ0n) is 10.4. The molecule has 0 radical (unpaired) electrons. The second kappa shape index (κ2) is 3.42. The minimum atomic E-state index is 0.497. The Labute approximate surface area is 100 Å². The summed E-state index contributed by atoms with van der Waals surface area (Å²) in [4.78, 5) is 8.43. The highest BCUT2D eigenvalue weighted by atomic mass is 15.3. The van der Waals surface area contributed by atoms with Crippen LogP contribution in [0.4, 0.5) is 5.82 Å². The lowest BCUT2D eigenvalue weighted by Crippen LogP contribution is -2.11. The zero-order chi connectivity index (χ0) is 12.0. The maximum Gasteiger partial charge on any atom is 0.254 e. The van der Waals surface area contributed by atoms with Crippen LogP contribution in [0.3, 0.4) is 0 Å². The lowest BCUT2D eigenvalue weighted by Gasteiger charge is -2.09. The van der Waals surface area contributed by atoms with E-state index in [0.717, 1.165) is 24.0 Å². The Kier molecular flexibility index (Phi) is 2.11. The van der Waals surface area contributed by atoms with Crippen molar-refractivity contribution in [2.75, 3.05) is 11.9 Å². The third-order valence-corrected chi connectivity index (χ3v) is 3.63. The SMILES string of the molecule is Cc1cc(NCC2CC2(C)C)n2ncnc2n1. The van der Waals surface area contributed by atoms with Crippen molar-refractivity contribution in [3.63, 3.8) is 0 Å². The molecule has 2 aromatic heterocycles. The molecule has 5 nitrogen and oxygen atoms in total. The summed E-state index contributed by atoms with van der Waals surface area (Å²) in [5.74, 6) is 2.39. The van der Waals surface area contributed by atoms with Gasteiger partial charge in [-0.25, -0.2) is 4.98 Å². The summed E-state index contributed by atoms with van der Waals surface area (Å²) in [6, 6.07) is 2.01. The van der Waals surface area contributed by atoms with Crippen LogP contribution in [0.1, 0.15) is 26.0 Å². The smallest absolute Gasteiger partial charge is 0.254 e. The van der Waals surface area contributed by atoms with E-state index in [4.69, 9.17) is 0 Å². The van der Waals surface area contributed by atoms with Crippen LogP contribution in [0, 0.1) is 18.3 Å². The Morgan fingerprint density at radius 3 is 3.00 bits per heavy atom. The fourth-order valence-corrected chi connectivity index (χ4v) is 2.21. The average Bonchev–Trinajstić information content (AvgIpc) is 2.69. The van der Waals surface area contributed by atoms with E-state index in [1.807, 2.05) is 13.0 Å². The number of hydrogen-bond donors (Lipinski definition) is 1. The van der Waals surface area contributed by atoms with Gasteiger partial charge in [0.25, 0.3) is 5.78 Å². The van der Waals surface area contributed by atoms with Gasteiger partial charge in [0.15, 0.2) is 0 Å². The van der Waals surface area contributed by atoms with Gasteiger partial charge in [-0.15, -0.1) is 0 Å². The van der Waals surface area contributed by atoms with E-state index in [1.54, 1.807) is 4.52 Å². The maximum atomic E-state index is 4.32. The van der Waals surface area contributed by atoms with Crippen LogP contribution in [0.25, 0.3) is 5.78 Å². The second-order valence-corrected chi connectivity index (χ2v) is 5.53. The normalized spacial score (nSPS) is 21.7. The molecule has 1 aliphatic carbocycles. The molecule has 5 heteroatoms. The summed E-state index contributed by atoms with van der Waals surface area (Å²) < 4.78 is 1.75. The number of aromatic nitrogens is 4. The number of aryl methyl sites for hydroxylation is 1. The Morgan fingerprint density at radius 1 is 1.53 bits per heavy atom. The molecule has 0 saturated heterocycles. The van der Waals surface area contributed by atoms with Crippen molar-refractivity contribution in [1.82, 2.24) is 19.6 Å². The summed E-state index contributed by atoms with van der Waals surface area (Å²) in [5, 5.41) is 7.63. The minimum absolute atomic E-state index is 0.497. The molecule has 0 amide bonds. The molecule has 0 aliphatic heterocycles. The van der Waals surface area contributed by atoms with E-state index < -0.39 is 0 Å². The van der Waals surface area contributed by atoms with Gasteiger partial charge in [0.2, 0.25) is 0 Å². The van der Waals surface area contributed by atoms with Gasteiger partial charge in [-0.3, -0.25) is 0 Å². The van der Waals surface area contributed by atoms with Gasteiger partial charge in [-0.1, -0.05) is 13.8 Å². The van der Waals surface area contributed by atoms with Crippen LogP contribution in [-0.2, 0) is 0 Å². The van der Waals surface area contributed by atoms with E-state index in [9.17, 15) is 0 Å². The van der Waals surface area contributed by atoms with Crippen LogP contribution >= 0.6 is 0 Å².